The molecule has 0 saturated heterocycles. The highest BCUT2D eigenvalue weighted by atomic mass is 16.6. The van der Waals surface area contributed by atoms with Crippen molar-refractivity contribution in [3.8, 4) is 0 Å². The molecule has 2 atom stereocenters. The molecule has 1 N–H and O–H groups in total. The molecule has 0 aliphatic carbocycles. The van der Waals surface area contributed by atoms with E-state index >= 15 is 0 Å². The molecule has 0 unspecified atom stereocenters. The summed E-state index contributed by atoms with van der Waals surface area (Å²) in [6.07, 6.45) is 1.18. The number of benzene rings is 2. The largest absolute Gasteiger partial charge is 0.457 e. The number of nitrogens with one attached hydrogen (secondary N) is 1. The number of hydrogen-bond acceptors (Lipinski definition) is 5. The van der Waals surface area contributed by atoms with Gasteiger partial charge in [0.25, 0.3) is 5.91 Å². The second-order valence-electron chi connectivity index (χ2n) is 7.29. The molecule has 6 heteroatoms. The van der Waals surface area contributed by atoms with E-state index in [0.717, 1.165) is 5.56 Å². The molecule has 1 aliphatic heterocycles. The number of hydrogen-bond donors (Lipinski definition) is 1. The number of rotatable bonds is 5. The lowest BCUT2D eigenvalue weighted by Crippen LogP contribution is -2.58. The summed E-state index contributed by atoms with van der Waals surface area (Å²) in [7, 11) is 0. The van der Waals surface area contributed by atoms with Crippen LogP contribution in [0.25, 0.3) is 0 Å². The average molecular weight is 393 g/mol. The standard InChI is InChI=1S/C23H23NO5/c1-15(2)28-21(26)19-14-18(16-10-6-4-7-11-16)23(3,22(27)29-19)24-20(25)17-12-8-5-9-13-17/h4-15,18H,1-3H3,(H,24,25)/t18-,23+/m1/s1. The van der Waals surface area contributed by atoms with Gasteiger partial charge < -0.3 is 14.8 Å². The number of carbonyl (C=O) groups excluding carboxylic acids is 3. The monoisotopic (exact) mass is 393 g/mol. The fourth-order valence-electron chi connectivity index (χ4n) is 3.18. The molecule has 29 heavy (non-hydrogen) atoms. The maximum atomic E-state index is 13.0. The summed E-state index contributed by atoms with van der Waals surface area (Å²) in [6.45, 7) is 5.01. The van der Waals surface area contributed by atoms with Crippen LogP contribution in [0.5, 0.6) is 0 Å². The van der Waals surface area contributed by atoms with Crippen molar-refractivity contribution >= 4 is 17.8 Å². The molecule has 2 aromatic rings. The zero-order chi connectivity index (χ0) is 21.0. The van der Waals surface area contributed by atoms with Crippen LogP contribution in [0.3, 0.4) is 0 Å². The Kier molecular flexibility index (Phi) is 5.82. The maximum Gasteiger partial charge on any atom is 0.374 e. The quantitative estimate of drug-likeness (QED) is 0.788. The van der Waals surface area contributed by atoms with E-state index in [1.807, 2.05) is 30.3 Å². The first-order valence-electron chi connectivity index (χ1n) is 9.39. The highest BCUT2D eigenvalue weighted by Crippen LogP contribution is 2.36. The fraction of sp³-hybridized carbons (Fsp3) is 0.261. The van der Waals surface area contributed by atoms with E-state index in [1.54, 1.807) is 51.1 Å². The molecule has 1 amide bonds. The zero-order valence-electron chi connectivity index (χ0n) is 16.5. The molecule has 6 nitrogen and oxygen atoms in total. The first-order chi connectivity index (χ1) is 13.8. The average Bonchev–Trinajstić information content (AvgIpc) is 2.70. The van der Waals surface area contributed by atoms with E-state index in [0.29, 0.717) is 5.56 Å². The van der Waals surface area contributed by atoms with Crippen molar-refractivity contribution in [1.29, 1.82) is 0 Å². The third kappa shape index (κ3) is 4.37. The Morgan fingerprint density at radius 1 is 1.03 bits per heavy atom. The normalized spacial score (nSPS) is 21.2. The van der Waals surface area contributed by atoms with Gasteiger partial charge in [0.15, 0.2) is 0 Å². The van der Waals surface area contributed by atoms with Crippen LogP contribution in [0.4, 0.5) is 0 Å². The lowest BCUT2D eigenvalue weighted by Gasteiger charge is -2.38. The molecule has 3 rings (SSSR count). The summed E-state index contributed by atoms with van der Waals surface area (Å²) in [6, 6.07) is 17.8. The Balaban J connectivity index is 2.00. The van der Waals surface area contributed by atoms with Crippen molar-refractivity contribution in [3.63, 3.8) is 0 Å². The molecule has 150 valence electrons. The molecular weight excluding hydrogens is 370 g/mol. The Hall–Kier alpha value is -3.41. The molecule has 1 aliphatic rings. The van der Waals surface area contributed by atoms with E-state index in [9.17, 15) is 14.4 Å². The third-order valence-corrected chi connectivity index (χ3v) is 4.68. The number of carbonyl (C=O) groups is 3. The van der Waals surface area contributed by atoms with Crippen molar-refractivity contribution in [2.75, 3.05) is 0 Å². The van der Waals surface area contributed by atoms with Gasteiger partial charge in [0.05, 0.1) is 6.10 Å². The summed E-state index contributed by atoms with van der Waals surface area (Å²) in [5, 5.41) is 2.80. The topological polar surface area (TPSA) is 81.7 Å². The summed E-state index contributed by atoms with van der Waals surface area (Å²) >= 11 is 0. The summed E-state index contributed by atoms with van der Waals surface area (Å²) < 4.78 is 10.5. The predicted molar refractivity (Wildman–Crippen MR) is 107 cm³/mol. The Morgan fingerprint density at radius 2 is 1.62 bits per heavy atom. The van der Waals surface area contributed by atoms with E-state index in [-0.39, 0.29) is 11.9 Å². The van der Waals surface area contributed by atoms with Crippen LogP contribution < -0.4 is 5.32 Å². The Bertz CT molecular complexity index is 936. The van der Waals surface area contributed by atoms with Crippen molar-refractivity contribution in [1.82, 2.24) is 5.32 Å². The minimum absolute atomic E-state index is 0.177. The van der Waals surface area contributed by atoms with Gasteiger partial charge in [-0.1, -0.05) is 48.5 Å². The van der Waals surface area contributed by atoms with Crippen LogP contribution in [0.15, 0.2) is 72.5 Å². The molecule has 0 radical (unpaired) electrons. The van der Waals surface area contributed by atoms with Gasteiger partial charge >= 0.3 is 11.9 Å². The smallest absolute Gasteiger partial charge is 0.374 e. The molecule has 0 saturated carbocycles. The van der Waals surface area contributed by atoms with Gasteiger partial charge in [-0.05, 0) is 44.5 Å². The van der Waals surface area contributed by atoms with Crippen LogP contribution in [0, 0.1) is 0 Å². The number of esters is 2. The molecule has 0 aromatic heterocycles. The van der Waals surface area contributed by atoms with Gasteiger partial charge in [0, 0.05) is 11.5 Å². The Morgan fingerprint density at radius 3 is 2.21 bits per heavy atom. The van der Waals surface area contributed by atoms with Crippen molar-refractivity contribution < 1.29 is 23.9 Å². The van der Waals surface area contributed by atoms with E-state index in [4.69, 9.17) is 9.47 Å². The van der Waals surface area contributed by atoms with E-state index in [1.165, 1.54) is 6.08 Å². The SMILES string of the molecule is CC(C)OC(=O)C1=C[C@H](c2ccccc2)[C@](C)(NC(=O)c2ccccc2)C(=O)O1. The van der Waals surface area contributed by atoms with Gasteiger partial charge in [0.1, 0.15) is 5.54 Å². The van der Waals surface area contributed by atoms with Crippen LogP contribution >= 0.6 is 0 Å². The van der Waals surface area contributed by atoms with Crippen molar-refractivity contribution in [2.45, 2.75) is 38.3 Å². The van der Waals surface area contributed by atoms with E-state index in [2.05, 4.69) is 5.32 Å². The summed E-state index contributed by atoms with van der Waals surface area (Å²) in [4.78, 5) is 38.1. The number of cyclic esters (lactones) is 1. The van der Waals surface area contributed by atoms with Crippen LogP contribution in [-0.2, 0) is 19.1 Å². The summed E-state index contributed by atoms with van der Waals surface area (Å²) in [5.74, 6) is -2.65. The highest BCUT2D eigenvalue weighted by molar-refractivity contribution is 6.01. The van der Waals surface area contributed by atoms with Crippen molar-refractivity contribution in [2.24, 2.45) is 0 Å². The van der Waals surface area contributed by atoms with Gasteiger partial charge in [-0.25, -0.2) is 9.59 Å². The van der Waals surface area contributed by atoms with Crippen LogP contribution in [0.1, 0.15) is 42.6 Å². The van der Waals surface area contributed by atoms with Crippen LogP contribution in [-0.4, -0.2) is 29.5 Å². The minimum atomic E-state index is -1.41. The first kappa shape index (κ1) is 20.3. The Labute approximate surface area is 169 Å². The molecular formula is C23H23NO5. The van der Waals surface area contributed by atoms with Crippen LogP contribution in [0.2, 0.25) is 0 Å². The second-order valence-corrected chi connectivity index (χ2v) is 7.29. The fourth-order valence-corrected chi connectivity index (χ4v) is 3.18. The minimum Gasteiger partial charge on any atom is -0.457 e. The van der Waals surface area contributed by atoms with Gasteiger partial charge in [0.2, 0.25) is 5.76 Å². The molecule has 0 spiro atoms. The van der Waals surface area contributed by atoms with Gasteiger partial charge in [-0.2, -0.15) is 0 Å². The summed E-state index contributed by atoms with van der Waals surface area (Å²) in [5.41, 5.74) is -0.229. The predicted octanol–water partition coefficient (Wildman–Crippen LogP) is 3.35. The number of ether oxygens (including phenoxy) is 2. The maximum absolute atomic E-state index is 13.0. The molecule has 0 bridgehead atoms. The number of amides is 1. The van der Waals surface area contributed by atoms with Gasteiger partial charge in [-0.15, -0.1) is 0 Å². The highest BCUT2D eigenvalue weighted by Gasteiger charge is 2.49. The van der Waals surface area contributed by atoms with E-state index < -0.39 is 29.3 Å². The third-order valence-electron chi connectivity index (χ3n) is 4.68. The zero-order valence-corrected chi connectivity index (χ0v) is 16.5. The second kappa shape index (κ2) is 8.31. The van der Waals surface area contributed by atoms with Crippen molar-refractivity contribution in [3.05, 3.63) is 83.6 Å². The lowest BCUT2D eigenvalue weighted by molar-refractivity contribution is -0.159. The van der Waals surface area contributed by atoms with Gasteiger partial charge in [-0.3, -0.25) is 4.79 Å². The lowest BCUT2D eigenvalue weighted by atomic mass is 9.78. The first-order valence-corrected chi connectivity index (χ1v) is 9.39. The molecule has 2 aromatic carbocycles. The molecule has 0 fully saturated rings. The molecule has 1 heterocycles.